The highest BCUT2D eigenvalue weighted by Gasteiger charge is 2.42. The Morgan fingerprint density at radius 3 is 2.57 bits per heavy atom. The van der Waals surface area contributed by atoms with E-state index in [1.165, 1.54) is 0 Å². The second-order valence-corrected chi connectivity index (χ2v) is 6.51. The summed E-state index contributed by atoms with van der Waals surface area (Å²) in [6.45, 7) is 7.61. The molecule has 2 fully saturated rings. The number of anilines is 1. The summed E-state index contributed by atoms with van der Waals surface area (Å²) < 4.78 is 0. The number of carbonyl (C=O) groups is 1. The van der Waals surface area contributed by atoms with Gasteiger partial charge in [-0.3, -0.25) is 9.89 Å². The Morgan fingerprint density at radius 2 is 1.91 bits per heavy atom. The zero-order valence-electron chi connectivity index (χ0n) is 13.4. The Hall–Kier alpha value is -2.44. The molecule has 4 rings (SSSR count). The number of likely N-dealkylation sites (tertiary alicyclic amines) is 1. The van der Waals surface area contributed by atoms with Crippen LogP contribution in [0.2, 0.25) is 0 Å². The first-order valence-corrected chi connectivity index (χ1v) is 7.95. The number of fused-ring (bicyclic) bond motifs is 1. The summed E-state index contributed by atoms with van der Waals surface area (Å²) in [6.07, 6.45) is 3.26. The molecular weight excluding hydrogens is 292 g/mol. The van der Waals surface area contributed by atoms with E-state index in [4.69, 9.17) is 0 Å². The SMILES string of the molecule is Cc1ncnc(N2CC3CN(C(=O)c4ccn[nH]4)CC3C2)c1C. The number of aromatic nitrogens is 4. The molecule has 2 aromatic heterocycles. The molecule has 0 bridgehead atoms. The molecule has 23 heavy (non-hydrogen) atoms. The normalized spacial score (nSPS) is 23.4. The average Bonchev–Trinajstić information content (AvgIpc) is 3.24. The van der Waals surface area contributed by atoms with Gasteiger partial charge >= 0.3 is 0 Å². The van der Waals surface area contributed by atoms with Crippen LogP contribution in [-0.2, 0) is 0 Å². The second-order valence-electron chi connectivity index (χ2n) is 6.51. The number of hydrogen-bond acceptors (Lipinski definition) is 5. The zero-order chi connectivity index (χ0) is 16.0. The van der Waals surface area contributed by atoms with Crippen LogP contribution >= 0.6 is 0 Å². The lowest BCUT2D eigenvalue weighted by Crippen LogP contribution is -2.34. The van der Waals surface area contributed by atoms with Crippen molar-refractivity contribution in [1.29, 1.82) is 0 Å². The van der Waals surface area contributed by atoms with Crippen molar-refractivity contribution in [2.24, 2.45) is 11.8 Å². The molecule has 2 aliphatic rings. The van der Waals surface area contributed by atoms with Gasteiger partial charge in [-0.25, -0.2) is 9.97 Å². The highest BCUT2D eigenvalue weighted by molar-refractivity contribution is 5.92. The molecule has 0 radical (unpaired) electrons. The average molecular weight is 312 g/mol. The molecule has 2 atom stereocenters. The molecule has 1 N–H and O–H groups in total. The fourth-order valence-corrected chi connectivity index (χ4v) is 3.72. The highest BCUT2D eigenvalue weighted by atomic mass is 16.2. The van der Waals surface area contributed by atoms with Crippen molar-refractivity contribution in [3.8, 4) is 0 Å². The predicted molar refractivity (Wildman–Crippen MR) is 85.2 cm³/mol. The summed E-state index contributed by atoms with van der Waals surface area (Å²) in [5, 5.41) is 6.62. The number of nitrogens with zero attached hydrogens (tertiary/aromatic N) is 5. The molecule has 4 heterocycles. The molecule has 0 spiro atoms. The first-order valence-electron chi connectivity index (χ1n) is 7.95. The number of H-pyrrole nitrogens is 1. The van der Waals surface area contributed by atoms with Crippen molar-refractivity contribution in [2.75, 3.05) is 31.1 Å². The predicted octanol–water partition coefficient (Wildman–Crippen LogP) is 1.02. The third-order valence-corrected chi connectivity index (χ3v) is 5.11. The summed E-state index contributed by atoms with van der Waals surface area (Å²) in [7, 11) is 0. The van der Waals surface area contributed by atoms with Gasteiger partial charge in [0, 0.05) is 55.5 Å². The molecule has 120 valence electrons. The molecule has 2 aliphatic heterocycles. The smallest absolute Gasteiger partial charge is 0.271 e. The van der Waals surface area contributed by atoms with Crippen LogP contribution < -0.4 is 4.90 Å². The molecule has 0 saturated carbocycles. The van der Waals surface area contributed by atoms with E-state index in [9.17, 15) is 4.79 Å². The summed E-state index contributed by atoms with van der Waals surface area (Å²) in [5.74, 6) is 2.11. The Morgan fingerprint density at radius 1 is 1.17 bits per heavy atom. The highest BCUT2D eigenvalue weighted by Crippen LogP contribution is 2.34. The lowest BCUT2D eigenvalue weighted by Gasteiger charge is -2.23. The number of amides is 1. The number of nitrogens with one attached hydrogen (secondary N) is 1. The molecular formula is C16H20N6O. The number of rotatable bonds is 2. The Kier molecular flexibility index (Phi) is 3.28. The van der Waals surface area contributed by atoms with Crippen LogP contribution in [0, 0.1) is 25.7 Å². The summed E-state index contributed by atoms with van der Waals surface area (Å²) in [5.41, 5.74) is 2.75. The monoisotopic (exact) mass is 312 g/mol. The van der Waals surface area contributed by atoms with Gasteiger partial charge < -0.3 is 9.80 Å². The Bertz CT molecular complexity index is 714. The fourth-order valence-electron chi connectivity index (χ4n) is 3.72. The largest absolute Gasteiger partial charge is 0.356 e. The van der Waals surface area contributed by atoms with Crippen LogP contribution in [0.1, 0.15) is 21.7 Å². The standard InChI is InChI=1S/C16H20N6O/c1-10-11(2)17-9-18-15(10)21-5-12-7-22(8-13(12)6-21)16(23)14-3-4-19-20-14/h3-4,9,12-13H,5-8H2,1-2H3,(H,19,20). The number of carbonyl (C=O) groups excluding carboxylic acids is 1. The minimum absolute atomic E-state index is 0.0533. The number of aromatic amines is 1. The van der Waals surface area contributed by atoms with Gasteiger partial charge in [0.2, 0.25) is 0 Å². The van der Waals surface area contributed by atoms with Crippen molar-refractivity contribution < 1.29 is 4.79 Å². The van der Waals surface area contributed by atoms with E-state index in [1.54, 1.807) is 18.6 Å². The maximum Gasteiger partial charge on any atom is 0.271 e. The van der Waals surface area contributed by atoms with Gasteiger partial charge in [-0.15, -0.1) is 0 Å². The van der Waals surface area contributed by atoms with Gasteiger partial charge in [0.05, 0.1) is 0 Å². The molecule has 2 aromatic rings. The maximum atomic E-state index is 12.4. The van der Waals surface area contributed by atoms with E-state index < -0.39 is 0 Å². The quantitative estimate of drug-likeness (QED) is 0.896. The van der Waals surface area contributed by atoms with E-state index in [-0.39, 0.29) is 5.91 Å². The zero-order valence-corrected chi connectivity index (χ0v) is 13.4. The minimum Gasteiger partial charge on any atom is -0.356 e. The van der Waals surface area contributed by atoms with Crippen LogP contribution in [0.25, 0.3) is 0 Å². The van der Waals surface area contributed by atoms with Gasteiger partial charge in [-0.2, -0.15) is 5.10 Å². The van der Waals surface area contributed by atoms with Gasteiger partial charge in [-0.05, 0) is 19.9 Å². The molecule has 0 aromatic carbocycles. The van der Waals surface area contributed by atoms with E-state index in [1.807, 2.05) is 11.8 Å². The number of aryl methyl sites for hydroxylation is 1. The third-order valence-electron chi connectivity index (χ3n) is 5.11. The third kappa shape index (κ3) is 2.36. The van der Waals surface area contributed by atoms with Crippen molar-refractivity contribution in [2.45, 2.75) is 13.8 Å². The van der Waals surface area contributed by atoms with Crippen molar-refractivity contribution >= 4 is 11.7 Å². The lowest BCUT2D eigenvalue weighted by molar-refractivity contribution is 0.0776. The summed E-state index contributed by atoms with van der Waals surface area (Å²) in [6, 6.07) is 1.73. The first-order chi connectivity index (χ1) is 11.1. The number of hydrogen-bond donors (Lipinski definition) is 1. The molecule has 7 heteroatoms. The molecule has 7 nitrogen and oxygen atoms in total. The minimum atomic E-state index is 0.0533. The van der Waals surface area contributed by atoms with Gasteiger partial charge in [0.25, 0.3) is 5.91 Å². The lowest BCUT2D eigenvalue weighted by atomic mass is 10.0. The van der Waals surface area contributed by atoms with E-state index in [0.29, 0.717) is 17.5 Å². The Balaban J connectivity index is 1.46. The van der Waals surface area contributed by atoms with E-state index >= 15 is 0 Å². The van der Waals surface area contributed by atoms with Crippen LogP contribution in [0.5, 0.6) is 0 Å². The van der Waals surface area contributed by atoms with Crippen molar-refractivity contribution in [3.05, 3.63) is 35.5 Å². The molecule has 0 aliphatic carbocycles. The second kappa shape index (κ2) is 5.33. The Labute approximate surface area is 134 Å². The van der Waals surface area contributed by atoms with Crippen LogP contribution in [0.4, 0.5) is 5.82 Å². The van der Waals surface area contributed by atoms with Crippen LogP contribution in [-0.4, -0.2) is 57.2 Å². The van der Waals surface area contributed by atoms with E-state index in [0.717, 1.165) is 43.3 Å². The van der Waals surface area contributed by atoms with Crippen LogP contribution in [0.15, 0.2) is 18.6 Å². The summed E-state index contributed by atoms with van der Waals surface area (Å²) >= 11 is 0. The van der Waals surface area contributed by atoms with Crippen molar-refractivity contribution in [3.63, 3.8) is 0 Å². The van der Waals surface area contributed by atoms with Crippen molar-refractivity contribution in [1.82, 2.24) is 25.1 Å². The van der Waals surface area contributed by atoms with Gasteiger partial charge in [0.15, 0.2) is 0 Å². The van der Waals surface area contributed by atoms with Crippen LogP contribution in [0.3, 0.4) is 0 Å². The van der Waals surface area contributed by atoms with Gasteiger partial charge in [0.1, 0.15) is 17.8 Å². The summed E-state index contributed by atoms with van der Waals surface area (Å²) in [4.78, 5) is 25.4. The molecule has 2 unspecified atom stereocenters. The van der Waals surface area contributed by atoms with E-state index in [2.05, 4.69) is 32.0 Å². The van der Waals surface area contributed by atoms with Gasteiger partial charge in [-0.1, -0.05) is 0 Å². The topological polar surface area (TPSA) is 78.0 Å². The maximum absolute atomic E-state index is 12.4. The first kappa shape index (κ1) is 14.2. The fraction of sp³-hybridized carbons (Fsp3) is 0.500. The molecule has 2 saturated heterocycles. The molecule has 1 amide bonds.